The van der Waals surface area contributed by atoms with Gasteiger partial charge in [-0.2, -0.15) is 0 Å². The van der Waals surface area contributed by atoms with Crippen molar-refractivity contribution in [1.82, 2.24) is 0 Å². The molecule has 2 aromatic carbocycles. The van der Waals surface area contributed by atoms with E-state index in [4.69, 9.17) is 11.6 Å². The Balaban J connectivity index is 2.07. The Morgan fingerprint density at radius 1 is 1.21 bits per heavy atom. The summed E-state index contributed by atoms with van der Waals surface area (Å²) in [6.45, 7) is 2.24. The van der Waals surface area contributed by atoms with Crippen LogP contribution in [0.4, 0.5) is 11.4 Å². The molecule has 0 aliphatic carbocycles. The summed E-state index contributed by atoms with van der Waals surface area (Å²) in [4.78, 5) is 2.34. The van der Waals surface area contributed by atoms with Gasteiger partial charge in [-0.25, -0.2) is 0 Å². The van der Waals surface area contributed by atoms with Crippen molar-refractivity contribution in [2.24, 2.45) is 0 Å². The molecular weight excluding hydrogens is 322 g/mol. The second-order valence-corrected chi connectivity index (χ2v) is 5.94. The van der Waals surface area contributed by atoms with Gasteiger partial charge >= 0.3 is 0 Å². The van der Waals surface area contributed by atoms with Crippen LogP contribution < -0.4 is 4.90 Å². The lowest BCUT2D eigenvalue weighted by Gasteiger charge is -2.26. The summed E-state index contributed by atoms with van der Waals surface area (Å²) in [5.74, 6) is 0. The average Bonchev–Trinajstić information content (AvgIpc) is 2.75. The van der Waals surface area contributed by atoms with Crippen LogP contribution in [0.2, 0.25) is 5.02 Å². The van der Waals surface area contributed by atoms with Gasteiger partial charge in [0.25, 0.3) is 0 Å². The summed E-state index contributed by atoms with van der Waals surface area (Å²) in [6, 6.07) is 15.3. The Morgan fingerprint density at radius 2 is 2.00 bits per heavy atom. The third-order valence-corrected chi connectivity index (χ3v) is 4.58. The van der Waals surface area contributed by atoms with Crippen molar-refractivity contribution in [3.05, 3.63) is 58.6 Å². The lowest BCUT2D eigenvalue weighted by Crippen LogP contribution is -2.24. The van der Waals surface area contributed by atoms with Crippen LogP contribution in [0.3, 0.4) is 0 Å². The Morgan fingerprint density at radius 3 is 2.74 bits per heavy atom. The van der Waals surface area contributed by atoms with Crippen LogP contribution in [0.25, 0.3) is 0 Å². The summed E-state index contributed by atoms with van der Waals surface area (Å²) in [7, 11) is 0. The van der Waals surface area contributed by atoms with Crippen LogP contribution in [0, 0.1) is 0 Å². The van der Waals surface area contributed by atoms with E-state index < -0.39 is 0 Å². The molecule has 0 saturated carbocycles. The number of benzene rings is 2. The molecule has 0 fully saturated rings. The van der Waals surface area contributed by atoms with Gasteiger partial charge in [0.05, 0.1) is 10.7 Å². The molecule has 0 N–H and O–H groups in total. The van der Waals surface area contributed by atoms with Crippen molar-refractivity contribution >= 4 is 38.9 Å². The number of nitrogens with zero attached hydrogens (tertiary/aromatic N) is 1. The van der Waals surface area contributed by atoms with Crippen LogP contribution >= 0.6 is 27.5 Å². The molecule has 0 radical (unpaired) electrons. The van der Waals surface area contributed by atoms with Crippen molar-refractivity contribution in [1.29, 1.82) is 0 Å². The first-order chi connectivity index (χ1) is 9.20. The topological polar surface area (TPSA) is 3.24 Å². The molecular formula is C16H15BrClN. The van der Waals surface area contributed by atoms with E-state index in [1.54, 1.807) is 0 Å². The van der Waals surface area contributed by atoms with Crippen molar-refractivity contribution < 1.29 is 0 Å². The molecule has 0 saturated heterocycles. The number of fused-ring (bicyclic) bond motifs is 1. The normalized spacial score (nSPS) is 17.6. The molecule has 0 spiro atoms. The standard InChI is InChI=1S/C16H15BrClN/c1-11-8-13-4-2-3-5-15(13)19(11)16-7-6-12(10-17)9-14(16)18/h2-7,9,11H,8,10H2,1H3. The Hall–Kier alpha value is -0.990. The quantitative estimate of drug-likeness (QED) is 0.671. The first-order valence-electron chi connectivity index (χ1n) is 6.42. The zero-order valence-electron chi connectivity index (χ0n) is 10.7. The maximum Gasteiger partial charge on any atom is 0.0646 e. The summed E-state index contributed by atoms with van der Waals surface area (Å²) >= 11 is 9.92. The van der Waals surface area contributed by atoms with Crippen LogP contribution in [0.15, 0.2) is 42.5 Å². The van der Waals surface area contributed by atoms with E-state index in [2.05, 4.69) is 64.2 Å². The SMILES string of the molecule is CC1Cc2ccccc2N1c1ccc(CBr)cc1Cl. The van der Waals surface area contributed by atoms with Crippen molar-refractivity contribution in [3.8, 4) is 0 Å². The minimum Gasteiger partial charge on any atom is -0.337 e. The van der Waals surface area contributed by atoms with Gasteiger partial charge in [-0.05, 0) is 42.7 Å². The van der Waals surface area contributed by atoms with Crippen molar-refractivity contribution in [3.63, 3.8) is 0 Å². The number of alkyl halides is 1. The first-order valence-corrected chi connectivity index (χ1v) is 7.92. The second kappa shape index (κ2) is 5.18. The highest BCUT2D eigenvalue weighted by atomic mass is 79.9. The molecule has 3 rings (SSSR count). The molecule has 0 aromatic heterocycles. The molecule has 98 valence electrons. The number of hydrogen-bond acceptors (Lipinski definition) is 1. The minimum atomic E-state index is 0.449. The molecule has 0 amide bonds. The number of rotatable bonds is 2. The van der Waals surface area contributed by atoms with Gasteiger partial charge in [-0.1, -0.05) is 51.8 Å². The minimum absolute atomic E-state index is 0.449. The van der Waals surface area contributed by atoms with Gasteiger partial charge in [0, 0.05) is 17.1 Å². The zero-order chi connectivity index (χ0) is 13.4. The largest absolute Gasteiger partial charge is 0.337 e. The molecule has 0 bridgehead atoms. The van der Waals surface area contributed by atoms with E-state index in [-0.39, 0.29) is 0 Å². The third-order valence-electron chi connectivity index (χ3n) is 3.63. The van der Waals surface area contributed by atoms with Crippen molar-refractivity contribution in [2.75, 3.05) is 4.90 Å². The van der Waals surface area contributed by atoms with Crippen LogP contribution in [-0.2, 0) is 11.8 Å². The fraction of sp³-hybridized carbons (Fsp3) is 0.250. The maximum absolute atomic E-state index is 6.46. The van der Waals surface area contributed by atoms with Crippen LogP contribution in [0.1, 0.15) is 18.1 Å². The summed E-state index contributed by atoms with van der Waals surface area (Å²) in [6.07, 6.45) is 1.08. The Bertz CT molecular complexity index is 611. The van der Waals surface area contributed by atoms with E-state index >= 15 is 0 Å². The average molecular weight is 337 g/mol. The van der Waals surface area contributed by atoms with Gasteiger partial charge in [0.2, 0.25) is 0 Å². The number of hydrogen-bond donors (Lipinski definition) is 0. The smallest absolute Gasteiger partial charge is 0.0646 e. The monoisotopic (exact) mass is 335 g/mol. The number of anilines is 2. The van der Waals surface area contributed by atoms with Gasteiger partial charge in [-0.15, -0.1) is 0 Å². The predicted octanol–water partition coefficient (Wildman–Crippen LogP) is 5.32. The molecule has 19 heavy (non-hydrogen) atoms. The summed E-state index contributed by atoms with van der Waals surface area (Å²) < 4.78 is 0. The van der Waals surface area contributed by atoms with Crippen LogP contribution in [-0.4, -0.2) is 6.04 Å². The molecule has 1 unspecified atom stereocenters. The van der Waals surface area contributed by atoms with E-state index in [1.807, 2.05) is 6.07 Å². The fourth-order valence-corrected chi connectivity index (χ4v) is 3.40. The lowest BCUT2D eigenvalue weighted by molar-refractivity contribution is 0.759. The fourth-order valence-electron chi connectivity index (χ4n) is 2.76. The highest BCUT2D eigenvalue weighted by Crippen LogP contribution is 2.41. The summed E-state index contributed by atoms with van der Waals surface area (Å²) in [5, 5.41) is 1.65. The molecule has 1 aliphatic rings. The van der Waals surface area contributed by atoms with Gasteiger partial charge in [-0.3, -0.25) is 0 Å². The number of para-hydroxylation sites is 1. The predicted molar refractivity (Wildman–Crippen MR) is 85.8 cm³/mol. The highest BCUT2D eigenvalue weighted by molar-refractivity contribution is 9.08. The first kappa shape index (κ1) is 13.0. The van der Waals surface area contributed by atoms with Gasteiger partial charge in [0.15, 0.2) is 0 Å². The van der Waals surface area contributed by atoms with E-state index in [1.165, 1.54) is 16.8 Å². The van der Waals surface area contributed by atoms with Gasteiger partial charge in [0.1, 0.15) is 0 Å². The maximum atomic E-state index is 6.46. The second-order valence-electron chi connectivity index (χ2n) is 4.97. The van der Waals surface area contributed by atoms with E-state index in [0.717, 1.165) is 22.5 Å². The molecule has 1 nitrogen and oxygen atoms in total. The Kier molecular flexibility index (Phi) is 3.55. The summed E-state index contributed by atoms with van der Waals surface area (Å²) in [5.41, 5.74) is 4.98. The molecule has 1 aliphatic heterocycles. The Labute approximate surface area is 127 Å². The van der Waals surface area contributed by atoms with Crippen molar-refractivity contribution in [2.45, 2.75) is 24.7 Å². The lowest BCUT2D eigenvalue weighted by atomic mass is 10.1. The molecule has 1 heterocycles. The van der Waals surface area contributed by atoms with E-state index in [9.17, 15) is 0 Å². The molecule has 2 aromatic rings. The zero-order valence-corrected chi connectivity index (χ0v) is 13.1. The number of halogens is 2. The van der Waals surface area contributed by atoms with Gasteiger partial charge < -0.3 is 4.90 Å². The van der Waals surface area contributed by atoms with Crippen LogP contribution in [0.5, 0.6) is 0 Å². The highest BCUT2D eigenvalue weighted by Gasteiger charge is 2.27. The molecule has 3 heteroatoms. The van der Waals surface area contributed by atoms with E-state index in [0.29, 0.717) is 6.04 Å². The molecule has 1 atom stereocenters. The third kappa shape index (κ3) is 2.28.